The Morgan fingerprint density at radius 3 is 2.12 bits per heavy atom. The zero-order valence-corrected chi connectivity index (χ0v) is 15.8. The summed E-state index contributed by atoms with van der Waals surface area (Å²) in [6.45, 7) is 9.31. The Bertz CT molecular complexity index is 533. The monoisotopic (exact) mass is 361 g/mol. The van der Waals surface area contributed by atoms with Gasteiger partial charge in [0.2, 0.25) is 0 Å². The molecule has 1 nitrogen and oxygen atoms in total. The molecule has 0 heterocycles. The van der Waals surface area contributed by atoms with E-state index in [2.05, 4.69) is 20.8 Å². The molecular formula is C20H31F4N. The number of benzene rings is 1. The lowest BCUT2D eigenvalue weighted by Crippen LogP contribution is -2.31. The van der Waals surface area contributed by atoms with Crippen molar-refractivity contribution in [1.29, 1.82) is 0 Å². The van der Waals surface area contributed by atoms with E-state index >= 15 is 0 Å². The number of hydrogen-bond donors (Lipinski definition) is 0. The van der Waals surface area contributed by atoms with Crippen molar-refractivity contribution in [1.82, 2.24) is 0 Å². The normalized spacial score (nSPS) is 13.8. The molecule has 0 radical (unpaired) electrons. The van der Waals surface area contributed by atoms with Crippen LogP contribution in [0.5, 0.6) is 0 Å². The summed E-state index contributed by atoms with van der Waals surface area (Å²) in [5.74, 6) is -5.21. The van der Waals surface area contributed by atoms with Gasteiger partial charge >= 0.3 is 0 Å². The van der Waals surface area contributed by atoms with Gasteiger partial charge in [-0.3, -0.25) is 0 Å². The average Bonchev–Trinajstić information content (AvgIpc) is 2.59. The Hall–Kier alpha value is -1.26. The van der Waals surface area contributed by atoms with Crippen LogP contribution in [-0.4, -0.2) is 13.1 Å². The van der Waals surface area contributed by atoms with Crippen LogP contribution in [0.4, 0.5) is 23.2 Å². The molecule has 0 amide bonds. The molecule has 0 saturated carbocycles. The maximum Gasteiger partial charge on any atom is 0.199 e. The Labute approximate surface area is 149 Å². The quantitative estimate of drug-likeness (QED) is 0.241. The maximum atomic E-state index is 14.1. The number of nitrogens with zero attached hydrogens (tertiary/aromatic N) is 1. The van der Waals surface area contributed by atoms with Gasteiger partial charge in [0.15, 0.2) is 23.3 Å². The van der Waals surface area contributed by atoms with E-state index in [0.717, 1.165) is 31.7 Å². The third-order valence-corrected chi connectivity index (χ3v) is 4.79. The third-order valence-electron chi connectivity index (χ3n) is 4.79. The molecule has 1 rings (SSSR count). The Morgan fingerprint density at radius 2 is 1.56 bits per heavy atom. The standard InChI is InChI=1S/C20H31F4N/c1-5-8-15(7-3)10-9-14(4)13-25(11-6-2)17-12-16(21)18(22)20(24)19(17)23/h12,14-15H,5-11,13H2,1-4H3. The number of rotatable bonds is 11. The molecule has 0 aliphatic carbocycles. The van der Waals surface area contributed by atoms with E-state index in [9.17, 15) is 17.6 Å². The zero-order valence-electron chi connectivity index (χ0n) is 15.8. The van der Waals surface area contributed by atoms with E-state index in [1.807, 2.05) is 6.92 Å². The summed E-state index contributed by atoms with van der Waals surface area (Å²) < 4.78 is 54.4. The first-order valence-corrected chi connectivity index (χ1v) is 9.43. The molecule has 0 fully saturated rings. The summed E-state index contributed by atoms with van der Waals surface area (Å²) in [7, 11) is 0. The van der Waals surface area contributed by atoms with Crippen molar-refractivity contribution < 1.29 is 17.6 Å². The van der Waals surface area contributed by atoms with Crippen molar-refractivity contribution in [2.75, 3.05) is 18.0 Å². The van der Waals surface area contributed by atoms with Crippen LogP contribution in [0.25, 0.3) is 0 Å². The fourth-order valence-corrected chi connectivity index (χ4v) is 3.32. The van der Waals surface area contributed by atoms with Gasteiger partial charge in [-0.1, -0.05) is 53.4 Å². The third kappa shape index (κ3) is 6.19. The summed E-state index contributed by atoms with van der Waals surface area (Å²) >= 11 is 0. The second-order valence-electron chi connectivity index (χ2n) is 7.01. The maximum absolute atomic E-state index is 14.1. The minimum absolute atomic E-state index is 0.189. The number of halogens is 4. The first-order valence-electron chi connectivity index (χ1n) is 9.43. The second-order valence-corrected chi connectivity index (χ2v) is 7.01. The molecule has 1 aromatic carbocycles. The van der Waals surface area contributed by atoms with Crippen LogP contribution in [0, 0.1) is 35.1 Å². The molecule has 1 aromatic rings. The van der Waals surface area contributed by atoms with Gasteiger partial charge in [0.05, 0.1) is 5.69 Å². The molecule has 2 atom stereocenters. The van der Waals surface area contributed by atoms with Gasteiger partial charge in [-0.15, -0.1) is 0 Å². The van der Waals surface area contributed by atoms with Crippen LogP contribution >= 0.6 is 0 Å². The highest BCUT2D eigenvalue weighted by atomic mass is 19.2. The highest BCUT2D eigenvalue weighted by molar-refractivity contribution is 5.49. The van der Waals surface area contributed by atoms with Gasteiger partial charge in [0.25, 0.3) is 0 Å². The topological polar surface area (TPSA) is 3.24 Å². The van der Waals surface area contributed by atoms with Crippen LogP contribution in [0.2, 0.25) is 0 Å². The average molecular weight is 361 g/mol. The lowest BCUT2D eigenvalue weighted by atomic mass is 9.91. The number of anilines is 1. The summed E-state index contributed by atoms with van der Waals surface area (Å²) in [5.41, 5.74) is -0.189. The molecule has 2 unspecified atom stereocenters. The molecular weight excluding hydrogens is 330 g/mol. The molecule has 5 heteroatoms. The van der Waals surface area contributed by atoms with E-state index in [1.54, 1.807) is 4.90 Å². The predicted molar refractivity (Wildman–Crippen MR) is 95.9 cm³/mol. The van der Waals surface area contributed by atoms with Crippen LogP contribution in [0.15, 0.2) is 6.07 Å². The van der Waals surface area contributed by atoms with Gasteiger partial charge in [0, 0.05) is 19.2 Å². The lowest BCUT2D eigenvalue weighted by Gasteiger charge is -2.29. The van der Waals surface area contributed by atoms with Crippen molar-refractivity contribution in [2.45, 2.75) is 66.2 Å². The van der Waals surface area contributed by atoms with E-state index in [1.165, 1.54) is 6.42 Å². The van der Waals surface area contributed by atoms with Crippen LogP contribution < -0.4 is 4.90 Å². The van der Waals surface area contributed by atoms with Gasteiger partial charge in [-0.2, -0.15) is 0 Å². The molecule has 25 heavy (non-hydrogen) atoms. The summed E-state index contributed by atoms with van der Waals surface area (Å²) in [5, 5.41) is 0. The molecule has 0 bridgehead atoms. The number of hydrogen-bond acceptors (Lipinski definition) is 1. The molecule has 0 saturated heterocycles. The molecule has 0 aliphatic rings. The molecule has 0 spiro atoms. The van der Waals surface area contributed by atoms with Crippen molar-refractivity contribution in [3.8, 4) is 0 Å². The van der Waals surface area contributed by atoms with Crippen molar-refractivity contribution in [3.63, 3.8) is 0 Å². The van der Waals surface area contributed by atoms with Crippen molar-refractivity contribution in [2.24, 2.45) is 11.8 Å². The van der Waals surface area contributed by atoms with Gasteiger partial charge in [0.1, 0.15) is 0 Å². The zero-order chi connectivity index (χ0) is 19.0. The summed E-state index contributed by atoms with van der Waals surface area (Å²) in [4.78, 5) is 1.63. The SMILES string of the molecule is CCCC(CC)CCC(C)CN(CCC)c1cc(F)c(F)c(F)c1F. The molecule has 0 N–H and O–H groups in total. The Morgan fingerprint density at radius 1 is 0.880 bits per heavy atom. The van der Waals surface area contributed by atoms with E-state index in [0.29, 0.717) is 25.4 Å². The van der Waals surface area contributed by atoms with E-state index in [4.69, 9.17) is 0 Å². The van der Waals surface area contributed by atoms with Crippen LogP contribution in [0.1, 0.15) is 66.2 Å². The van der Waals surface area contributed by atoms with E-state index in [-0.39, 0.29) is 11.6 Å². The smallest absolute Gasteiger partial charge is 0.199 e. The molecule has 0 aliphatic heterocycles. The van der Waals surface area contributed by atoms with Gasteiger partial charge < -0.3 is 4.90 Å². The Balaban J connectivity index is 2.84. The molecule has 0 aromatic heterocycles. The molecule has 144 valence electrons. The Kier molecular flexibility index (Phi) is 9.30. The largest absolute Gasteiger partial charge is 0.369 e. The van der Waals surface area contributed by atoms with Crippen LogP contribution in [0.3, 0.4) is 0 Å². The predicted octanol–water partition coefficient (Wildman–Crippen LogP) is 6.70. The second kappa shape index (κ2) is 10.7. The highest BCUT2D eigenvalue weighted by Gasteiger charge is 2.23. The first kappa shape index (κ1) is 21.8. The lowest BCUT2D eigenvalue weighted by molar-refractivity contribution is 0.374. The van der Waals surface area contributed by atoms with Gasteiger partial charge in [-0.25, -0.2) is 17.6 Å². The summed E-state index contributed by atoms with van der Waals surface area (Å²) in [6.07, 6.45) is 6.29. The van der Waals surface area contributed by atoms with Gasteiger partial charge in [-0.05, 0) is 24.7 Å². The minimum atomic E-state index is -1.75. The fourth-order valence-electron chi connectivity index (χ4n) is 3.32. The van der Waals surface area contributed by atoms with Crippen molar-refractivity contribution >= 4 is 5.69 Å². The minimum Gasteiger partial charge on any atom is -0.369 e. The fraction of sp³-hybridized carbons (Fsp3) is 0.700. The highest BCUT2D eigenvalue weighted by Crippen LogP contribution is 2.28. The van der Waals surface area contributed by atoms with Crippen LogP contribution in [-0.2, 0) is 0 Å². The van der Waals surface area contributed by atoms with Crippen molar-refractivity contribution in [3.05, 3.63) is 29.3 Å². The first-order chi connectivity index (χ1) is 11.8. The van der Waals surface area contributed by atoms with E-state index < -0.39 is 23.3 Å². The summed E-state index contributed by atoms with van der Waals surface area (Å²) in [6, 6.07) is 0.766.